The highest BCUT2D eigenvalue weighted by Gasteiger charge is 2.38. The predicted octanol–water partition coefficient (Wildman–Crippen LogP) is 3.08. The van der Waals surface area contributed by atoms with Gasteiger partial charge in [-0.2, -0.15) is 0 Å². The van der Waals surface area contributed by atoms with Gasteiger partial charge in [-0.25, -0.2) is 4.79 Å². The Morgan fingerprint density at radius 1 is 1.40 bits per heavy atom. The minimum atomic E-state index is -0.326. The van der Waals surface area contributed by atoms with Gasteiger partial charge in [0.25, 0.3) is 0 Å². The van der Waals surface area contributed by atoms with Crippen molar-refractivity contribution in [1.29, 1.82) is 0 Å². The molecule has 0 bridgehead atoms. The number of nitrogen functional groups attached to an aromatic ring is 1. The van der Waals surface area contributed by atoms with Crippen molar-refractivity contribution in [2.45, 2.75) is 24.2 Å². The molecule has 1 aromatic heterocycles. The van der Waals surface area contributed by atoms with Crippen LogP contribution in [0.25, 0.3) is 0 Å². The van der Waals surface area contributed by atoms with E-state index in [9.17, 15) is 4.79 Å². The van der Waals surface area contributed by atoms with E-state index in [0.717, 1.165) is 34.8 Å². The molecule has 1 aliphatic carbocycles. The Bertz CT molecular complexity index is 517. The van der Waals surface area contributed by atoms with Gasteiger partial charge in [-0.1, -0.05) is 6.42 Å². The lowest BCUT2D eigenvalue weighted by Gasteiger charge is -2.18. The van der Waals surface area contributed by atoms with Gasteiger partial charge in [0.05, 0.1) is 17.7 Å². The highest BCUT2D eigenvalue weighted by atomic mass is 32.2. The molecule has 4 nitrogen and oxygen atoms in total. The molecule has 2 heterocycles. The number of nitrogens with zero attached hydrogens (tertiary/aromatic N) is 1. The average molecular weight is 312 g/mol. The van der Waals surface area contributed by atoms with Crippen LogP contribution in [0.5, 0.6) is 0 Å². The largest absolute Gasteiger partial charge is 0.465 e. The summed E-state index contributed by atoms with van der Waals surface area (Å²) in [5.41, 5.74) is 6.72. The molecule has 2 atom stereocenters. The van der Waals surface area contributed by atoms with Crippen LogP contribution in [0.15, 0.2) is 4.90 Å². The van der Waals surface area contributed by atoms with Crippen molar-refractivity contribution in [3.05, 3.63) is 4.88 Å². The number of esters is 1. The minimum Gasteiger partial charge on any atom is -0.465 e. The summed E-state index contributed by atoms with van der Waals surface area (Å²) < 4.78 is 4.83. The number of hydrogen-bond donors (Lipinski definition) is 1. The Labute approximate surface area is 127 Å². The SMILES string of the molecule is COC(=O)c1sc(N2CC3CCCC3C2)c(SC)c1N. The number of hydrogen-bond acceptors (Lipinski definition) is 6. The van der Waals surface area contributed by atoms with Gasteiger partial charge in [0.15, 0.2) is 0 Å². The second-order valence-corrected chi connectivity index (χ2v) is 7.35. The van der Waals surface area contributed by atoms with E-state index in [1.165, 1.54) is 37.7 Å². The predicted molar refractivity (Wildman–Crippen MR) is 84.9 cm³/mol. The normalized spacial score (nSPS) is 25.0. The molecule has 0 radical (unpaired) electrons. The number of carbonyl (C=O) groups excluding carboxylic acids is 1. The minimum absolute atomic E-state index is 0.326. The van der Waals surface area contributed by atoms with Crippen LogP contribution in [-0.2, 0) is 4.74 Å². The molecule has 2 N–H and O–H groups in total. The fourth-order valence-electron chi connectivity index (χ4n) is 3.47. The second-order valence-electron chi connectivity index (χ2n) is 5.53. The second kappa shape index (κ2) is 5.48. The van der Waals surface area contributed by atoms with Gasteiger partial charge >= 0.3 is 5.97 Å². The molecule has 1 aliphatic heterocycles. The average Bonchev–Trinajstić information content (AvgIpc) is 3.09. The summed E-state index contributed by atoms with van der Waals surface area (Å²) in [7, 11) is 1.40. The Kier molecular flexibility index (Phi) is 3.86. The summed E-state index contributed by atoms with van der Waals surface area (Å²) in [6.45, 7) is 2.22. The third kappa shape index (κ3) is 2.19. The first-order valence-electron chi connectivity index (χ1n) is 6.95. The molecule has 1 saturated carbocycles. The Balaban J connectivity index is 1.91. The summed E-state index contributed by atoms with van der Waals surface area (Å²) in [5, 5.41) is 1.16. The zero-order chi connectivity index (χ0) is 14.3. The van der Waals surface area contributed by atoms with E-state index in [0.29, 0.717) is 10.6 Å². The summed E-state index contributed by atoms with van der Waals surface area (Å²) in [4.78, 5) is 15.8. The highest BCUT2D eigenvalue weighted by molar-refractivity contribution is 7.99. The van der Waals surface area contributed by atoms with Gasteiger partial charge in [-0.15, -0.1) is 23.1 Å². The summed E-state index contributed by atoms with van der Waals surface area (Å²) in [6.07, 6.45) is 6.08. The summed E-state index contributed by atoms with van der Waals surface area (Å²) >= 11 is 3.11. The Morgan fingerprint density at radius 3 is 2.60 bits per heavy atom. The van der Waals surface area contributed by atoms with Gasteiger partial charge in [0.2, 0.25) is 0 Å². The van der Waals surface area contributed by atoms with E-state index < -0.39 is 0 Å². The number of thioether (sulfide) groups is 1. The molecule has 2 unspecified atom stereocenters. The summed E-state index contributed by atoms with van der Waals surface area (Å²) in [5.74, 6) is 1.33. The van der Waals surface area contributed by atoms with Crippen LogP contribution in [0.2, 0.25) is 0 Å². The number of carbonyl (C=O) groups is 1. The summed E-state index contributed by atoms with van der Waals surface area (Å²) in [6, 6.07) is 0. The van der Waals surface area contributed by atoms with Crippen molar-refractivity contribution in [3.63, 3.8) is 0 Å². The fraction of sp³-hybridized carbons (Fsp3) is 0.643. The lowest BCUT2D eigenvalue weighted by Crippen LogP contribution is -2.20. The number of methoxy groups -OCH3 is 1. The lowest BCUT2D eigenvalue weighted by molar-refractivity contribution is 0.0607. The third-order valence-electron chi connectivity index (χ3n) is 4.47. The van der Waals surface area contributed by atoms with Crippen LogP contribution in [0, 0.1) is 11.8 Å². The first kappa shape index (κ1) is 14.1. The van der Waals surface area contributed by atoms with Crippen LogP contribution in [-0.4, -0.2) is 32.4 Å². The fourth-order valence-corrected chi connectivity index (χ4v) is 5.59. The van der Waals surface area contributed by atoms with Crippen LogP contribution in [0.1, 0.15) is 28.9 Å². The molecule has 1 saturated heterocycles. The maximum absolute atomic E-state index is 11.8. The van der Waals surface area contributed by atoms with Gasteiger partial charge < -0.3 is 15.4 Å². The number of nitrogens with two attached hydrogens (primary N) is 1. The van der Waals surface area contributed by atoms with Crippen LogP contribution in [0.3, 0.4) is 0 Å². The number of anilines is 2. The maximum Gasteiger partial charge on any atom is 0.350 e. The number of thiophene rings is 1. The zero-order valence-corrected chi connectivity index (χ0v) is 13.5. The van der Waals surface area contributed by atoms with Crippen LogP contribution in [0.4, 0.5) is 10.7 Å². The first-order valence-corrected chi connectivity index (χ1v) is 8.99. The molecule has 110 valence electrons. The third-order valence-corrected chi connectivity index (χ3v) is 6.67. The Hall–Kier alpha value is -0.880. The van der Waals surface area contributed by atoms with Gasteiger partial charge in [0.1, 0.15) is 9.88 Å². The molecule has 6 heteroatoms. The maximum atomic E-state index is 11.8. The monoisotopic (exact) mass is 312 g/mol. The first-order chi connectivity index (χ1) is 9.65. The van der Waals surface area contributed by atoms with E-state index in [4.69, 9.17) is 10.5 Å². The van der Waals surface area contributed by atoms with Crippen molar-refractivity contribution < 1.29 is 9.53 Å². The van der Waals surface area contributed by atoms with Crippen molar-refractivity contribution in [3.8, 4) is 0 Å². The van der Waals surface area contributed by atoms with Gasteiger partial charge in [-0.3, -0.25) is 0 Å². The van der Waals surface area contributed by atoms with E-state index in [1.54, 1.807) is 11.8 Å². The lowest BCUT2D eigenvalue weighted by atomic mass is 10.0. The zero-order valence-electron chi connectivity index (χ0n) is 11.8. The van der Waals surface area contributed by atoms with E-state index in [-0.39, 0.29) is 5.97 Å². The van der Waals surface area contributed by atoms with E-state index in [1.807, 2.05) is 6.26 Å². The van der Waals surface area contributed by atoms with Gasteiger partial charge in [0, 0.05) is 13.1 Å². The molecule has 2 fully saturated rings. The Morgan fingerprint density at radius 2 is 2.05 bits per heavy atom. The van der Waals surface area contributed by atoms with Crippen molar-refractivity contribution in [2.75, 3.05) is 37.1 Å². The van der Waals surface area contributed by atoms with E-state index in [2.05, 4.69) is 4.90 Å². The molecule has 0 spiro atoms. The molecule has 0 amide bonds. The highest BCUT2D eigenvalue weighted by Crippen LogP contribution is 2.48. The van der Waals surface area contributed by atoms with Crippen molar-refractivity contribution in [1.82, 2.24) is 0 Å². The van der Waals surface area contributed by atoms with Crippen molar-refractivity contribution in [2.24, 2.45) is 11.8 Å². The molecule has 0 aromatic carbocycles. The van der Waals surface area contributed by atoms with E-state index >= 15 is 0 Å². The molecule has 20 heavy (non-hydrogen) atoms. The quantitative estimate of drug-likeness (QED) is 0.686. The molecular weight excluding hydrogens is 292 g/mol. The number of rotatable bonds is 3. The number of ether oxygens (including phenoxy) is 1. The van der Waals surface area contributed by atoms with Gasteiger partial charge in [-0.05, 0) is 30.9 Å². The molecule has 1 aromatic rings. The van der Waals surface area contributed by atoms with Crippen LogP contribution < -0.4 is 10.6 Å². The topological polar surface area (TPSA) is 55.6 Å². The molecule has 2 aliphatic rings. The van der Waals surface area contributed by atoms with Crippen molar-refractivity contribution >= 4 is 39.8 Å². The molecule has 3 rings (SSSR count). The molecular formula is C14H20N2O2S2. The van der Waals surface area contributed by atoms with Crippen LogP contribution >= 0.6 is 23.1 Å². The smallest absolute Gasteiger partial charge is 0.350 e. The standard InChI is InChI=1S/C14H20N2O2S2/c1-18-14(17)12-10(15)11(19-2)13(20-12)16-6-8-4-3-5-9(8)7-16/h8-9H,3-7,15H2,1-2H3. The number of fused-ring (bicyclic) bond motifs is 1.